The van der Waals surface area contributed by atoms with Crippen LogP contribution in [0.25, 0.3) is 0 Å². The fourth-order valence-electron chi connectivity index (χ4n) is 1.00. The van der Waals surface area contributed by atoms with Crippen molar-refractivity contribution in [2.24, 2.45) is 11.7 Å². The van der Waals surface area contributed by atoms with Crippen molar-refractivity contribution in [2.75, 3.05) is 6.61 Å². The summed E-state index contributed by atoms with van der Waals surface area (Å²) in [4.78, 5) is 0. The lowest BCUT2D eigenvalue weighted by Gasteiger charge is -2.12. The summed E-state index contributed by atoms with van der Waals surface area (Å²) in [5.41, 5.74) is 7.55. The molecule has 0 atom stereocenters. The number of aliphatic hydroxyl groups excluding tert-OH is 1. The van der Waals surface area contributed by atoms with Crippen LogP contribution in [0.5, 0.6) is 0 Å². The Labute approximate surface area is 73.8 Å². The third kappa shape index (κ3) is 3.05. The second kappa shape index (κ2) is 4.93. The minimum Gasteiger partial charge on any atom is -0.402 e. The van der Waals surface area contributed by atoms with E-state index in [9.17, 15) is 0 Å². The van der Waals surface area contributed by atoms with Gasteiger partial charge in [0, 0.05) is 18.0 Å². The quantitative estimate of drug-likeness (QED) is 0.556. The minimum absolute atomic E-state index is 0.0545. The summed E-state index contributed by atoms with van der Waals surface area (Å²) in [5.74, 6) is 0.171. The molecule has 0 aromatic carbocycles. The SMILES string of the molecule is C/C(N)=C(\CCO)C(=N)C(C)C. The van der Waals surface area contributed by atoms with E-state index in [-0.39, 0.29) is 12.5 Å². The molecule has 3 nitrogen and oxygen atoms in total. The van der Waals surface area contributed by atoms with Gasteiger partial charge in [0.25, 0.3) is 0 Å². The summed E-state index contributed by atoms with van der Waals surface area (Å²) in [6, 6.07) is 0. The first-order chi connectivity index (χ1) is 5.50. The number of hydrogen-bond acceptors (Lipinski definition) is 3. The molecule has 0 aromatic heterocycles. The van der Waals surface area contributed by atoms with Gasteiger partial charge in [-0.25, -0.2) is 0 Å². The maximum atomic E-state index is 8.73. The van der Waals surface area contributed by atoms with E-state index in [1.807, 2.05) is 13.8 Å². The molecule has 0 aliphatic heterocycles. The van der Waals surface area contributed by atoms with Gasteiger partial charge in [-0.1, -0.05) is 13.8 Å². The molecule has 0 unspecified atom stereocenters. The Morgan fingerprint density at radius 2 is 2.00 bits per heavy atom. The van der Waals surface area contributed by atoms with Crippen LogP contribution in [0, 0.1) is 11.3 Å². The van der Waals surface area contributed by atoms with Crippen LogP contribution in [0.1, 0.15) is 27.2 Å². The third-order valence-electron chi connectivity index (χ3n) is 1.74. The summed E-state index contributed by atoms with van der Waals surface area (Å²) in [6.45, 7) is 5.71. The first-order valence-electron chi connectivity index (χ1n) is 4.15. The van der Waals surface area contributed by atoms with Gasteiger partial charge < -0.3 is 16.2 Å². The second-order valence-corrected chi connectivity index (χ2v) is 3.20. The van der Waals surface area contributed by atoms with Crippen LogP contribution in [0.3, 0.4) is 0 Å². The average molecular weight is 170 g/mol. The Hall–Kier alpha value is -0.830. The zero-order valence-corrected chi connectivity index (χ0v) is 8.02. The molecule has 4 N–H and O–H groups in total. The maximum Gasteiger partial charge on any atom is 0.0472 e. The summed E-state index contributed by atoms with van der Waals surface area (Å²) in [6.07, 6.45) is 0.485. The Morgan fingerprint density at radius 1 is 1.50 bits per heavy atom. The highest BCUT2D eigenvalue weighted by molar-refractivity contribution is 5.99. The molecule has 12 heavy (non-hydrogen) atoms. The normalized spacial score (nSPS) is 13.1. The monoisotopic (exact) mass is 170 g/mol. The molecular weight excluding hydrogens is 152 g/mol. The van der Waals surface area contributed by atoms with Gasteiger partial charge in [0.15, 0.2) is 0 Å². The number of rotatable bonds is 4. The van der Waals surface area contributed by atoms with Crippen LogP contribution >= 0.6 is 0 Å². The zero-order chi connectivity index (χ0) is 9.72. The lowest BCUT2D eigenvalue weighted by molar-refractivity contribution is 0.300. The molecule has 0 amide bonds. The highest BCUT2D eigenvalue weighted by atomic mass is 16.2. The molecule has 0 saturated carbocycles. The Balaban J connectivity index is 4.54. The molecule has 0 rings (SSSR count). The Bertz CT molecular complexity index is 191. The number of nitrogens with two attached hydrogens (primary N) is 1. The molecule has 0 bridgehead atoms. The van der Waals surface area contributed by atoms with E-state index < -0.39 is 0 Å². The summed E-state index contributed by atoms with van der Waals surface area (Å²) < 4.78 is 0. The molecular formula is C9H18N2O. The predicted molar refractivity (Wildman–Crippen MR) is 51.2 cm³/mol. The van der Waals surface area contributed by atoms with Crippen molar-refractivity contribution < 1.29 is 5.11 Å². The fraction of sp³-hybridized carbons (Fsp3) is 0.667. The molecule has 3 heteroatoms. The second-order valence-electron chi connectivity index (χ2n) is 3.20. The molecule has 0 fully saturated rings. The van der Waals surface area contributed by atoms with Crippen LogP contribution in [-0.2, 0) is 0 Å². The molecule has 0 spiro atoms. The minimum atomic E-state index is 0.0545. The van der Waals surface area contributed by atoms with Gasteiger partial charge in [0.2, 0.25) is 0 Å². The van der Waals surface area contributed by atoms with Gasteiger partial charge >= 0.3 is 0 Å². The molecule has 0 aliphatic carbocycles. The summed E-state index contributed by atoms with van der Waals surface area (Å²) >= 11 is 0. The van der Waals surface area contributed by atoms with Crippen molar-refractivity contribution >= 4 is 5.71 Å². The highest BCUT2D eigenvalue weighted by Gasteiger charge is 2.10. The predicted octanol–water partition coefficient (Wildman–Crippen LogP) is 1.28. The molecule has 70 valence electrons. The number of hydrogen-bond donors (Lipinski definition) is 3. The number of allylic oxidation sites excluding steroid dienone is 1. The van der Waals surface area contributed by atoms with Crippen molar-refractivity contribution in [1.82, 2.24) is 0 Å². The van der Waals surface area contributed by atoms with Gasteiger partial charge in [-0.3, -0.25) is 0 Å². The van der Waals surface area contributed by atoms with E-state index in [1.54, 1.807) is 6.92 Å². The van der Waals surface area contributed by atoms with Crippen LogP contribution in [0.4, 0.5) is 0 Å². The van der Waals surface area contributed by atoms with Crippen LogP contribution in [0.2, 0.25) is 0 Å². The van der Waals surface area contributed by atoms with Gasteiger partial charge in [-0.2, -0.15) is 0 Å². The van der Waals surface area contributed by atoms with Crippen LogP contribution < -0.4 is 5.73 Å². The van der Waals surface area contributed by atoms with E-state index in [1.165, 1.54) is 0 Å². The third-order valence-corrected chi connectivity index (χ3v) is 1.74. The largest absolute Gasteiger partial charge is 0.402 e. The van der Waals surface area contributed by atoms with E-state index in [0.29, 0.717) is 17.8 Å². The standard InChI is InChI=1S/C9H18N2O/c1-6(2)9(11)8(4-5-12)7(3)10/h6,11-12H,4-5,10H2,1-3H3/b8-7-,11-9?. The molecule has 0 aromatic rings. The Morgan fingerprint density at radius 3 is 2.25 bits per heavy atom. The van der Waals surface area contributed by atoms with Gasteiger partial charge in [0.05, 0.1) is 0 Å². The topological polar surface area (TPSA) is 70.1 Å². The fourth-order valence-corrected chi connectivity index (χ4v) is 1.00. The first-order valence-corrected chi connectivity index (χ1v) is 4.15. The lowest BCUT2D eigenvalue weighted by atomic mass is 9.96. The van der Waals surface area contributed by atoms with Crippen molar-refractivity contribution in [2.45, 2.75) is 27.2 Å². The molecule has 0 radical (unpaired) electrons. The van der Waals surface area contributed by atoms with Gasteiger partial charge in [-0.05, 0) is 24.8 Å². The van der Waals surface area contributed by atoms with E-state index in [0.717, 1.165) is 5.57 Å². The van der Waals surface area contributed by atoms with Crippen molar-refractivity contribution in [3.63, 3.8) is 0 Å². The number of nitrogens with one attached hydrogen (secondary N) is 1. The number of aliphatic hydroxyl groups is 1. The average Bonchev–Trinajstić information content (AvgIpc) is 1.98. The summed E-state index contributed by atoms with van der Waals surface area (Å²) in [7, 11) is 0. The lowest BCUT2D eigenvalue weighted by Crippen LogP contribution is -2.15. The maximum absolute atomic E-state index is 8.73. The zero-order valence-electron chi connectivity index (χ0n) is 8.02. The van der Waals surface area contributed by atoms with Crippen molar-refractivity contribution in [3.05, 3.63) is 11.3 Å². The van der Waals surface area contributed by atoms with Crippen LogP contribution in [0.15, 0.2) is 11.3 Å². The molecule has 0 aliphatic rings. The van der Waals surface area contributed by atoms with Crippen LogP contribution in [-0.4, -0.2) is 17.4 Å². The first kappa shape index (κ1) is 11.2. The highest BCUT2D eigenvalue weighted by Crippen LogP contribution is 2.12. The Kier molecular flexibility index (Phi) is 4.59. The van der Waals surface area contributed by atoms with Gasteiger partial charge in [-0.15, -0.1) is 0 Å². The molecule has 0 heterocycles. The van der Waals surface area contributed by atoms with E-state index in [2.05, 4.69) is 0 Å². The smallest absolute Gasteiger partial charge is 0.0472 e. The van der Waals surface area contributed by atoms with E-state index in [4.69, 9.17) is 16.2 Å². The molecule has 0 saturated heterocycles. The van der Waals surface area contributed by atoms with E-state index >= 15 is 0 Å². The van der Waals surface area contributed by atoms with Crippen molar-refractivity contribution in [3.8, 4) is 0 Å². The summed E-state index contributed by atoms with van der Waals surface area (Å²) in [5, 5.41) is 16.4. The van der Waals surface area contributed by atoms with Crippen molar-refractivity contribution in [1.29, 1.82) is 5.41 Å². The van der Waals surface area contributed by atoms with Gasteiger partial charge in [0.1, 0.15) is 0 Å².